The van der Waals surface area contributed by atoms with Crippen LogP contribution in [0.4, 0.5) is 0 Å². The van der Waals surface area contributed by atoms with Gasteiger partial charge < -0.3 is 5.11 Å². The molecular formula is C11H6N2O4S2. The molecule has 2 aliphatic heterocycles. The van der Waals surface area contributed by atoms with Gasteiger partial charge >= 0.3 is 11.7 Å². The molecule has 1 spiro atoms. The van der Waals surface area contributed by atoms with Gasteiger partial charge in [-0.2, -0.15) is 0 Å². The van der Waals surface area contributed by atoms with Crippen molar-refractivity contribution in [3.8, 4) is 5.75 Å². The van der Waals surface area contributed by atoms with Crippen LogP contribution in [-0.2, 0) is 14.6 Å². The summed E-state index contributed by atoms with van der Waals surface area (Å²) in [4.78, 5) is 29.2. The zero-order valence-electron chi connectivity index (χ0n) is 9.32. The number of carbonyl (C=O) groups is 1. The van der Waals surface area contributed by atoms with Crippen LogP contribution in [-0.4, -0.2) is 32.6 Å². The Bertz CT molecular complexity index is 741. The normalized spacial score (nSPS) is 25.5. The van der Waals surface area contributed by atoms with Crippen LogP contribution in [0.2, 0.25) is 0 Å². The van der Waals surface area contributed by atoms with Gasteiger partial charge in [-0.1, -0.05) is 11.8 Å². The number of aromatic hydroxyl groups is 1. The zero-order valence-corrected chi connectivity index (χ0v) is 11.0. The fraction of sp³-hybridized carbons (Fsp3) is 0.182. The lowest BCUT2D eigenvalue weighted by molar-refractivity contribution is -0.392. The van der Waals surface area contributed by atoms with Gasteiger partial charge in [-0.05, 0) is 18.2 Å². The smallest absolute Gasteiger partial charge is 0.401 e. The van der Waals surface area contributed by atoms with Crippen molar-refractivity contribution in [1.29, 1.82) is 0 Å². The minimum Gasteiger partial charge on any atom is -0.508 e. The monoisotopic (exact) mass is 294 g/mol. The molecule has 1 aromatic carbocycles. The van der Waals surface area contributed by atoms with E-state index < -0.39 is 11.7 Å². The Morgan fingerprint density at radius 2 is 2.32 bits per heavy atom. The Hall–Kier alpha value is -1.64. The lowest BCUT2D eigenvalue weighted by atomic mass is 10.2. The molecule has 1 N–H and O–H groups in total. The summed E-state index contributed by atoms with van der Waals surface area (Å²) in [5.41, 5.74) is -0.376. The molecule has 0 bridgehead atoms. The lowest BCUT2D eigenvalue weighted by Gasteiger charge is -2.28. The Balaban J connectivity index is 1.77. The number of thioether (sulfide) groups is 1. The molecule has 0 amide bonds. The number of nitrogens with zero attached hydrogens (tertiary/aromatic N) is 2. The maximum Gasteiger partial charge on any atom is 0.401 e. The number of thiazole rings is 1. The molecule has 1 saturated heterocycles. The third kappa shape index (κ3) is 1.57. The molecule has 2 aliphatic rings. The second-order valence-electron chi connectivity index (χ2n) is 4.12. The number of fused-ring (bicyclic) bond motifs is 1. The SMILES string of the molecule is O=C1OO[C@@]12CSC(c1nc3ccc(O)cc3s1)=N2. The lowest BCUT2D eigenvalue weighted by Crippen LogP contribution is -2.51. The number of phenolic OH excluding ortho intramolecular Hbond substituents is 1. The van der Waals surface area contributed by atoms with Gasteiger partial charge in [-0.3, -0.25) is 4.89 Å². The Kier molecular flexibility index (Phi) is 2.17. The van der Waals surface area contributed by atoms with E-state index in [9.17, 15) is 9.90 Å². The molecule has 1 fully saturated rings. The summed E-state index contributed by atoms with van der Waals surface area (Å²) in [6.45, 7) is 0. The number of benzene rings is 1. The predicted molar refractivity (Wildman–Crippen MR) is 70.2 cm³/mol. The van der Waals surface area contributed by atoms with E-state index in [1.165, 1.54) is 23.1 Å². The van der Waals surface area contributed by atoms with Crippen LogP contribution in [0.3, 0.4) is 0 Å². The van der Waals surface area contributed by atoms with E-state index in [0.717, 1.165) is 10.2 Å². The van der Waals surface area contributed by atoms with Crippen molar-refractivity contribution in [2.45, 2.75) is 5.72 Å². The summed E-state index contributed by atoms with van der Waals surface area (Å²) in [5, 5.41) is 10.8. The van der Waals surface area contributed by atoms with Crippen LogP contribution in [0.25, 0.3) is 10.2 Å². The van der Waals surface area contributed by atoms with Gasteiger partial charge in [-0.25, -0.2) is 14.8 Å². The summed E-state index contributed by atoms with van der Waals surface area (Å²) in [6.07, 6.45) is 0. The zero-order chi connectivity index (χ0) is 13.0. The van der Waals surface area contributed by atoms with Gasteiger partial charge in [0.2, 0.25) is 0 Å². The Labute approximate surface area is 115 Å². The van der Waals surface area contributed by atoms with Crippen LogP contribution in [0.5, 0.6) is 5.75 Å². The fourth-order valence-electron chi connectivity index (χ4n) is 1.83. The van der Waals surface area contributed by atoms with Gasteiger partial charge in [0.25, 0.3) is 0 Å². The number of rotatable bonds is 1. The summed E-state index contributed by atoms with van der Waals surface area (Å²) in [7, 11) is 0. The summed E-state index contributed by atoms with van der Waals surface area (Å²) in [6, 6.07) is 4.98. The van der Waals surface area contributed by atoms with E-state index >= 15 is 0 Å². The first-order chi connectivity index (χ1) is 9.16. The highest BCUT2D eigenvalue weighted by Gasteiger charge is 2.56. The van der Waals surface area contributed by atoms with Crippen molar-refractivity contribution in [2.24, 2.45) is 4.99 Å². The molecule has 6 nitrogen and oxygen atoms in total. The number of hydrogen-bond acceptors (Lipinski definition) is 8. The Morgan fingerprint density at radius 3 is 3.00 bits per heavy atom. The maximum absolute atomic E-state index is 11.3. The first-order valence-electron chi connectivity index (χ1n) is 5.39. The van der Waals surface area contributed by atoms with Crippen molar-refractivity contribution in [1.82, 2.24) is 4.98 Å². The molecule has 19 heavy (non-hydrogen) atoms. The minimum atomic E-state index is -1.17. The first-order valence-corrected chi connectivity index (χ1v) is 7.19. The molecular weight excluding hydrogens is 288 g/mol. The minimum absolute atomic E-state index is 0.200. The van der Waals surface area contributed by atoms with Crippen LogP contribution in [0, 0.1) is 0 Å². The van der Waals surface area contributed by atoms with Gasteiger partial charge in [0.05, 0.1) is 16.0 Å². The second kappa shape index (κ2) is 3.69. The van der Waals surface area contributed by atoms with Crippen LogP contribution in [0.1, 0.15) is 5.01 Å². The molecule has 1 atom stereocenters. The molecule has 0 radical (unpaired) electrons. The van der Waals surface area contributed by atoms with Gasteiger partial charge in [0, 0.05) is 0 Å². The van der Waals surface area contributed by atoms with Crippen molar-refractivity contribution in [3.05, 3.63) is 23.2 Å². The number of aromatic nitrogens is 1. The third-order valence-electron chi connectivity index (χ3n) is 2.82. The topological polar surface area (TPSA) is 81.0 Å². The molecule has 2 aromatic rings. The average molecular weight is 294 g/mol. The summed E-state index contributed by atoms with van der Waals surface area (Å²) in [5.74, 6) is 0.141. The van der Waals surface area contributed by atoms with Crippen molar-refractivity contribution in [2.75, 3.05) is 5.75 Å². The van der Waals surface area contributed by atoms with Crippen LogP contribution < -0.4 is 0 Å². The van der Waals surface area contributed by atoms with Crippen LogP contribution in [0.15, 0.2) is 23.2 Å². The van der Waals surface area contributed by atoms with Gasteiger partial charge in [-0.15, -0.1) is 16.2 Å². The number of phenols is 1. The van der Waals surface area contributed by atoms with E-state index in [2.05, 4.69) is 14.9 Å². The number of aliphatic imine (C=N–C) groups is 1. The molecule has 0 unspecified atom stereocenters. The standard InChI is InChI=1S/C11H6N2O4S2/c14-5-1-2-6-7(3-5)19-8(12-6)9-13-11(4-18-9)10(15)16-17-11/h1-3,14H,4H2/t11-/m0/s1. The molecule has 1 aromatic heterocycles. The molecule has 8 heteroatoms. The largest absolute Gasteiger partial charge is 0.508 e. The quantitative estimate of drug-likeness (QED) is 0.806. The molecule has 96 valence electrons. The third-order valence-corrected chi connectivity index (χ3v) is 5.06. The van der Waals surface area contributed by atoms with E-state index in [0.29, 0.717) is 15.8 Å². The van der Waals surface area contributed by atoms with E-state index in [-0.39, 0.29) is 5.75 Å². The van der Waals surface area contributed by atoms with E-state index in [4.69, 9.17) is 4.89 Å². The first kappa shape index (κ1) is 11.2. The molecule has 0 aliphatic carbocycles. The van der Waals surface area contributed by atoms with Gasteiger partial charge in [0.1, 0.15) is 15.8 Å². The maximum atomic E-state index is 11.3. The highest BCUT2D eigenvalue weighted by atomic mass is 32.2. The number of hydrogen-bond donors (Lipinski definition) is 1. The van der Waals surface area contributed by atoms with E-state index in [1.807, 2.05) is 0 Å². The summed E-state index contributed by atoms with van der Waals surface area (Å²) >= 11 is 2.83. The van der Waals surface area contributed by atoms with E-state index in [1.54, 1.807) is 18.2 Å². The predicted octanol–water partition coefficient (Wildman–Crippen LogP) is 1.68. The fourth-order valence-corrected chi connectivity index (χ4v) is 3.96. The number of carbonyl (C=O) groups excluding carboxylic acids is 1. The van der Waals surface area contributed by atoms with Crippen molar-refractivity contribution >= 4 is 44.3 Å². The van der Waals surface area contributed by atoms with Crippen molar-refractivity contribution in [3.63, 3.8) is 0 Å². The van der Waals surface area contributed by atoms with Crippen molar-refractivity contribution < 1.29 is 19.7 Å². The Morgan fingerprint density at radius 1 is 1.42 bits per heavy atom. The average Bonchev–Trinajstić information content (AvgIpc) is 3.01. The summed E-state index contributed by atoms with van der Waals surface area (Å²) < 4.78 is 0.872. The molecule has 3 heterocycles. The highest BCUT2D eigenvalue weighted by molar-refractivity contribution is 8.15. The molecule has 4 rings (SSSR count). The highest BCUT2D eigenvalue weighted by Crippen LogP contribution is 2.39. The van der Waals surface area contributed by atoms with Gasteiger partial charge in [0.15, 0.2) is 0 Å². The molecule has 0 saturated carbocycles. The van der Waals surface area contributed by atoms with Crippen LogP contribution >= 0.6 is 23.1 Å². The second-order valence-corrected chi connectivity index (χ2v) is 6.11.